The van der Waals surface area contributed by atoms with Crippen LogP contribution in [0.3, 0.4) is 0 Å². The van der Waals surface area contributed by atoms with E-state index in [9.17, 15) is 0 Å². The Morgan fingerprint density at radius 1 is 0.714 bits per heavy atom. The van der Waals surface area contributed by atoms with E-state index in [4.69, 9.17) is 0 Å². The number of benzene rings is 4. The van der Waals surface area contributed by atoms with Gasteiger partial charge in [0.15, 0.2) is 0 Å². The number of halogens is 2. The van der Waals surface area contributed by atoms with Gasteiger partial charge in [-0.2, -0.15) is 72.8 Å². The molecule has 0 saturated carbocycles. The average Bonchev–Trinajstić information content (AvgIpc) is 3.63. The third kappa shape index (κ3) is 10.2. The minimum atomic E-state index is 0. The number of fused-ring (bicyclic) bond motifs is 3. The number of hydrogen-bond acceptors (Lipinski definition) is 0. The summed E-state index contributed by atoms with van der Waals surface area (Å²) in [6, 6.07) is 39.1. The minimum absolute atomic E-state index is 0. The molecule has 0 unspecified atom stereocenters. The van der Waals surface area contributed by atoms with Gasteiger partial charge < -0.3 is 0 Å². The van der Waals surface area contributed by atoms with Crippen molar-refractivity contribution in [2.75, 3.05) is 0 Å². The van der Waals surface area contributed by atoms with Gasteiger partial charge in [0.25, 0.3) is 0 Å². The summed E-state index contributed by atoms with van der Waals surface area (Å²) in [7, 11) is 2.97. The molecule has 0 aliphatic heterocycles. The molecule has 4 heteroatoms. The van der Waals surface area contributed by atoms with Crippen LogP contribution in [0.1, 0.15) is 64.7 Å². The number of rotatable bonds is 1. The third-order valence-corrected chi connectivity index (χ3v) is 6.87. The predicted molar refractivity (Wildman–Crippen MR) is 187 cm³/mol. The fraction of sp³-hybridized carbons (Fsp3) is 0.237. The molecule has 0 bridgehead atoms. The fourth-order valence-corrected chi connectivity index (χ4v) is 4.84. The molecule has 0 atom stereocenters. The summed E-state index contributed by atoms with van der Waals surface area (Å²) < 4.78 is 0. The van der Waals surface area contributed by atoms with Crippen LogP contribution in [0.2, 0.25) is 0 Å². The van der Waals surface area contributed by atoms with E-state index in [1.165, 1.54) is 43.8 Å². The molecule has 0 nitrogen and oxygen atoms in total. The van der Waals surface area contributed by atoms with Crippen LogP contribution in [0.25, 0.3) is 27.1 Å². The van der Waals surface area contributed by atoms with Crippen LogP contribution < -0.4 is 0 Å². The van der Waals surface area contributed by atoms with Crippen molar-refractivity contribution in [1.29, 1.82) is 0 Å². The smallest absolute Gasteiger partial charge is 0.171 e. The SMILES string of the molecule is CC(C)(C)c1ccc2c(c1)[cH-]c1c(C3=CC=CC3)c(C(C)(C)C)ccc12.Cl.Cl.[Si]=[Ti].[c-]1ccccc1.[c-]1ccccc1. The first kappa shape index (κ1) is 37.8. The fourth-order valence-electron chi connectivity index (χ4n) is 4.84. The maximum Gasteiger partial charge on any atom is -0.171 e. The molecule has 0 N–H and O–H groups in total. The van der Waals surface area contributed by atoms with Crippen molar-refractivity contribution in [3.8, 4) is 0 Å². The molecule has 1 aliphatic carbocycles. The summed E-state index contributed by atoms with van der Waals surface area (Å²) in [6.07, 6.45) is 7.79. The first-order valence-electron chi connectivity index (χ1n) is 13.8. The Labute approximate surface area is 279 Å². The van der Waals surface area contributed by atoms with Crippen LogP contribution in [0.15, 0.2) is 115 Å². The van der Waals surface area contributed by atoms with Gasteiger partial charge in [-0.3, -0.25) is 0 Å². The second kappa shape index (κ2) is 17.8. The molecule has 6 rings (SSSR count). The Bertz CT molecular complexity index is 1470. The van der Waals surface area contributed by atoms with Crippen molar-refractivity contribution in [2.24, 2.45) is 0 Å². The van der Waals surface area contributed by atoms with Gasteiger partial charge in [-0.25, -0.2) is 0 Å². The molecule has 0 amide bonds. The van der Waals surface area contributed by atoms with Crippen molar-refractivity contribution in [3.05, 3.63) is 144 Å². The summed E-state index contributed by atoms with van der Waals surface area (Å²) in [6.45, 7) is 13.8. The van der Waals surface area contributed by atoms with E-state index in [1.807, 2.05) is 60.7 Å². The quantitative estimate of drug-likeness (QED) is 0.126. The van der Waals surface area contributed by atoms with Gasteiger partial charge in [0.05, 0.1) is 0 Å². The number of hydrogen-bond donors (Lipinski definition) is 0. The van der Waals surface area contributed by atoms with Gasteiger partial charge in [0, 0.05) is 0 Å². The molecule has 0 fully saturated rings. The van der Waals surface area contributed by atoms with Crippen molar-refractivity contribution in [3.63, 3.8) is 0 Å². The van der Waals surface area contributed by atoms with Crippen molar-refractivity contribution in [2.45, 2.75) is 58.8 Å². The van der Waals surface area contributed by atoms with E-state index in [0.29, 0.717) is 0 Å². The molecule has 1 aliphatic rings. The number of allylic oxidation sites excluding steroid dienone is 4. The molecule has 0 heterocycles. The van der Waals surface area contributed by atoms with E-state index in [2.05, 4.69) is 116 Å². The largest absolute Gasteiger partial charge is 0.184 e. The molecular weight excluding hydrogens is 603 g/mol. The summed E-state index contributed by atoms with van der Waals surface area (Å²) in [5.74, 6) is 0. The monoisotopic (exact) mass is 643 g/mol. The van der Waals surface area contributed by atoms with E-state index < -0.39 is 0 Å². The topological polar surface area (TPSA) is 0 Å². The van der Waals surface area contributed by atoms with E-state index >= 15 is 0 Å². The zero-order valence-electron chi connectivity index (χ0n) is 25.5. The average molecular weight is 645 g/mol. The summed E-state index contributed by atoms with van der Waals surface area (Å²) in [4.78, 5) is 0. The Balaban J connectivity index is 0.000000456. The molecule has 0 saturated heterocycles. The van der Waals surface area contributed by atoms with Gasteiger partial charge in [-0.1, -0.05) is 106 Å². The van der Waals surface area contributed by atoms with Crippen LogP contribution in [0, 0.1) is 12.1 Å². The first-order chi connectivity index (χ1) is 19.2. The van der Waals surface area contributed by atoms with E-state index in [1.54, 1.807) is 19.2 Å². The summed E-state index contributed by atoms with van der Waals surface area (Å²) in [5.41, 5.74) is 6.06. The molecular formula is C38H41Cl2SiTi-3. The summed E-state index contributed by atoms with van der Waals surface area (Å²) in [5, 5.41) is 5.54. The Morgan fingerprint density at radius 2 is 1.26 bits per heavy atom. The molecule has 0 spiro atoms. The van der Waals surface area contributed by atoms with Gasteiger partial charge >= 0.3 is 26.8 Å². The van der Waals surface area contributed by atoms with Crippen LogP contribution in [0.4, 0.5) is 0 Å². The molecule has 218 valence electrons. The normalized spacial score (nSPS) is 11.8. The van der Waals surface area contributed by atoms with Gasteiger partial charge in [0.2, 0.25) is 0 Å². The zero-order chi connectivity index (χ0) is 29.2. The van der Waals surface area contributed by atoms with Crippen molar-refractivity contribution in [1.82, 2.24) is 0 Å². The van der Waals surface area contributed by atoms with Crippen LogP contribution in [0.5, 0.6) is 0 Å². The molecule has 0 aromatic heterocycles. The van der Waals surface area contributed by atoms with Crippen molar-refractivity contribution < 1.29 is 19.2 Å². The molecule has 42 heavy (non-hydrogen) atoms. The first-order valence-corrected chi connectivity index (χ1v) is 16.6. The Kier molecular flexibility index (Phi) is 16.0. The Hall–Kier alpha value is -2.26. The molecule has 2 radical (unpaired) electrons. The van der Waals surface area contributed by atoms with Gasteiger partial charge in [0.1, 0.15) is 0 Å². The maximum absolute atomic E-state index is 2.97. The van der Waals surface area contributed by atoms with Crippen LogP contribution >= 0.6 is 24.8 Å². The van der Waals surface area contributed by atoms with Crippen molar-refractivity contribution >= 4 is 59.6 Å². The molecule has 5 aromatic carbocycles. The van der Waals surface area contributed by atoms with Gasteiger partial charge in [-0.05, 0) is 17.3 Å². The van der Waals surface area contributed by atoms with Gasteiger partial charge in [-0.15, -0.1) is 58.5 Å². The predicted octanol–water partition coefficient (Wildman–Crippen LogP) is 11.1. The second-order valence-electron chi connectivity index (χ2n) is 11.9. The van der Waals surface area contributed by atoms with E-state index in [-0.39, 0.29) is 35.6 Å². The Morgan fingerprint density at radius 3 is 1.67 bits per heavy atom. The zero-order valence-corrected chi connectivity index (χ0v) is 29.7. The van der Waals surface area contributed by atoms with Crippen LogP contribution in [-0.2, 0) is 30.0 Å². The third-order valence-electron chi connectivity index (χ3n) is 6.87. The maximum atomic E-state index is 2.97. The van der Waals surface area contributed by atoms with E-state index in [0.717, 1.165) is 6.42 Å². The van der Waals surface area contributed by atoms with Crippen LogP contribution in [-0.4, -0.2) is 7.63 Å². The standard InChI is InChI=1S/C26H29.2C6H5.2ClH.Si.Ti/c1-25(2,3)19-11-12-20-18(15-19)16-22-21(20)13-14-23(26(4,5)6)24(22)17-9-7-8-10-17;2*1-2-4-6-5-3-1;;;;/h7-9,11-16H,10H2,1-6H3;2*1-5H;2*1H;;/q3*-1;;;;. The summed E-state index contributed by atoms with van der Waals surface area (Å²) >= 11 is 1.81. The minimum Gasteiger partial charge on any atom is -0.184 e. The molecule has 5 aromatic rings. The second-order valence-corrected chi connectivity index (χ2v) is 11.9.